The fourth-order valence-electron chi connectivity index (χ4n) is 1.57. The molecule has 0 heterocycles. The molecule has 0 fully saturated rings. The highest BCUT2D eigenvalue weighted by Gasteiger charge is 2.16. The number of amides is 1. The van der Waals surface area contributed by atoms with Crippen LogP contribution in [-0.2, 0) is 0 Å². The molecule has 3 nitrogen and oxygen atoms in total. The van der Waals surface area contributed by atoms with Gasteiger partial charge in [-0.25, -0.2) is 0 Å². The molecule has 1 aromatic carbocycles. The lowest BCUT2D eigenvalue weighted by Crippen LogP contribution is -2.35. The molecule has 18 heavy (non-hydrogen) atoms. The van der Waals surface area contributed by atoms with Crippen molar-refractivity contribution < 1.29 is 4.79 Å². The first kappa shape index (κ1) is 14.6. The number of nitriles is 1. The summed E-state index contributed by atoms with van der Waals surface area (Å²) in [6.45, 7) is 2.05. The van der Waals surface area contributed by atoms with Gasteiger partial charge in [-0.1, -0.05) is 0 Å². The van der Waals surface area contributed by atoms with Crippen molar-refractivity contribution in [2.24, 2.45) is 0 Å². The summed E-state index contributed by atoms with van der Waals surface area (Å²) in [5, 5.41) is 8.71. The molecule has 0 aliphatic heterocycles. The fraction of sp³-hybridized carbons (Fsp3) is 0.429. The third kappa shape index (κ3) is 3.78. The van der Waals surface area contributed by atoms with Gasteiger partial charge in [0, 0.05) is 18.7 Å². The highest BCUT2D eigenvalue weighted by molar-refractivity contribution is 7.98. The molecule has 0 saturated carbocycles. The Labute approximate surface area is 113 Å². The standard InChI is InChI=1S/C14H18N2OS/c1-11(8-9-18-3)16(2)14(17)13-6-4-12(10-15)5-7-13/h4-7,11H,8-9H2,1-3H3. The second-order valence-electron chi connectivity index (χ2n) is 4.24. The van der Waals surface area contributed by atoms with Crippen LogP contribution < -0.4 is 0 Å². The predicted octanol–water partition coefficient (Wildman–Crippen LogP) is 2.77. The molecule has 0 aromatic heterocycles. The normalized spacial score (nSPS) is 11.7. The van der Waals surface area contributed by atoms with Crippen LogP contribution in [0.3, 0.4) is 0 Å². The minimum Gasteiger partial charge on any atom is -0.339 e. The molecule has 1 atom stereocenters. The molecule has 1 rings (SSSR count). The van der Waals surface area contributed by atoms with Gasteiger partial charge < -0.3 is 4.90 Å². The minimum atomic E-state index is 0.00749. The molecular weight excluding hydrogens is 244 g/mol. The van der Waals surface area contributed by atoms with Crippen molar-refractivity contribution in [2.75, 3.05) is 19.1 Å². The maximum absolute atomic E-state index is 12.2. The Morgan fingerprint density at radius 3 is 2.56 bits per heavy atom. The van der Waals surface area contributed by atoms with Gasteiger partial charge in [0.15, 0.2) is 0 Å². The lowest BCUT2D eigenvalue weighted by Gasteiger charge is -2.24. The first-order valence-corrected chi connectivity index (χ1v) is 7.25. The lowest BCUT2D eigenvalue weighted by atomic mass is 10.1. The monoisotopic (exact) mass is 262 g/mol. The number of rotatable bonds is 5. The van der Waals surface area contributed by atoms with Crippen LogP contribution in [0.4, 0.5) is 0 Å². The van der Waals surface area contributed by atoms with Gasteiger partial charge >= 0.3 is 0 Å². The molecule has 0 aliphatic carbocycles. The molecule has 96 valence electrons. The fourth-order valence-corrected chi connectivity index (χ4v) is 2.15. The Bertz CT molecular complexity index is 436. The van der Waals surface area contributed by atoms with E-state index in [-0.39, 0.29) is 11.9 Å². The van der Waals surface area contributed by atoms with Crippen molar-refractivity contribution in [1.82, 2.24) is 4.90 Å². The summed E-state index contributed by atoms with van der Waals surface area (Å²) in [7, 11) is 1.82. The van der Waals surface area contributed by atoms with E-state index in [1.54, 1.807) is 40.9 Å². The van der Waals surface area contributed by atoms with Gasteiger partial charge in [0.2, 0.25) is 0 Å². The van der Waals surface area contributed by atoms with Crippen molar-refractivity contribution in [1.29, 1.82) is 5.26 Å². The van der Waals surface area contributed by atoms with Crippen LogP contribution in [-0.4, -0.2) is 35.9 Å². The number of nitrogens with zero attached hydrogens (tertiary/aromatic N) is 2. The Morgan fingerprint density at radius 1 is 1.44 bits per heavy atom. The van der Waals surface area contributed by atoms with Crippen LogP contribution >= 0.6 is 11.8 Å². The zero-order chi connectivity index (χ0) is 13.5. The minimum absolute atomic E-state index is 0.00749. The van der Waals surface area contributed by atoms with Crippen LogP contribution in [0.5, 0.6) is 0 Å². The number of carbonyl (C=O) groups is 1. The van der Waals surface area contributed by atoms with E-state index in [0.717, 1.165) is 12.2 Å². The zero-order valence-corrected chi connectivity index (χ0v) is 11.8. The van der Waals surface area contributed by atoms with E-state index in [4.69, 9.17) is 5.26 Å². The number of hydrogen-bond donors (Lipinski definition) is 0. The summed E-state index contributed by atoms with van der Waals surface area (Å²) in [6.07, 6.45) is 3.05. The van der Waals surface area contributed by atoms with Crippen LogP contribution in [0.1, 0.15) is 29.3 Å². The van der Waals surface area contributed by atoms with Gasteiger partial charge in [-0.15, -0.1) is 0 Å². The second kappa shape index (κ2) is 7.07. The van der Waals surface area contributed by atoms with E-state index in [0.29, 0.717) is 11.1 Å². The average molecular weight is 262 g/mol. The van der Waals surface area contributed by atoms with Gasteiger partial charge in [-0.3, -0.25) is 4.79 Å². The van der Waals surface area contributed by atoms with E-state index < -0.39 is 0 Å². The quantitative estimate of drug-likeness (QED) is 0.819. The Morgan fingerprint density at radius 2 is 2.06 bits per heavy atom. The van der Waals surface area contributed by atoms with Crippen LogP contribution in [0.15, 0.2) is 24.3 Å². The maximum Gasteiger partial charge on any atom is 0.253 e. The van der Waals surface area contributed by atoms with Crippen molar-refractivity contribution in [3.63, 3.8) is 0 Å². The van der Waals surface area contributed by atoms with Crippen LogP contribution in [0, 0.1) is 11.3 Å². The van der Waals surface area contributed by atoms with E-state index in [1.807, 2.05) is 13.1 Å². The summed E-state index contributed by atoms with van der Waals surface area (Å²) < 4.78 is 0. The molecule has 4 heteroatoms. The molecule has 0 bridgehead atoms. The largest absolute Gasteiger partial charge is 0.339 e. The summed E-state index contributed by atoms with van der Waals surface area (Å²) in [5.41, 5.74) is 1.21. The topological polar surface area (TPSA) is 44.1 Å². The molecule has 0 N–H and O–H groups in total. The number of hydrogen-bond acceptors (Lipinski definition) is 3. The molecule has 1 unspecified atom stereocenters. The van der Waals surface area contributed by atoms with Gasteiger partial charge in [0.05, 0.1) is 11.6 Å². The van der Waals surface area contributed by atoms with Gasteiger partial charge in [0.1, 0.15) is 0 Å². The first-order chi connectivity index (χ1) is 8.60. The van der Waals surface area contributed by atoms with E-state index in [2.05, 4.69) is 13.2 Å². The van der Waals surface area contributed by atoms with E-state index >= 15 is 0 Å². The van der Waals surface area contributed by atoms with Crippen molar-refractivity contribution in [3.05, 3.63) is 35.4 Å². The SMILES string of the molecule is CSCCC(C)N(C)C(=O)c1ccc(C#N)cc1. The van der Waals surface area contributed by atoms with Gasteiger partial charge in [-0.05, 0) is 49.6 Å². The molecule has 1 aromatic rings. The van der Waals surface area contributed by atoms with Crippen molar-refractivity contribution >= 4 is 17.7 Å². The Kier molecular flexibility index (Phi) is 5.73. The third-order valence-electron chi connectivity index (χ3n) is 2.98. The average Bonchev–Trinajstić information content (AvgIpc) is 2.43. The van der Waals surface area contributed by atoms with Crippen LogP contribution in [0.2, 0.25) is 0 Å². The second-order valence-corrected chi connectivity index (χ2v) is 5.22. The van der Waals surface area contributed by atoms with Crippen LogP contribution in [0.25, 0.3) is 0 Å². The number of carbonyl (C=O) groups excluding carboxylic acids is 1. The zero-order valence-electron chi connectivity index (χ0n) is 11.0. The van der Waals surface area contributed by atoms with Gasteiger partial charge in [-0.2, -0.15) is 17.0 Å². The Balaban J connectivity index is 2.70. The number of benzene rings is 1. The van der Waals surface area contributed by atoms with E-state index in [9.17, 15) is 4.79 Å². The summed E-state index contributed by atoms with van der Waals surface area (Å²) >= 11 is 1.79. The summed E-state index contributed by atoms with van der Waals surface area (Å²) in [4.78, 5) is 13.9. The first-order valence-electron chi connectivity index (χ1n) is 5.86. The molecule has 0 radical (unpaired) electrons. The highest BCUT2D eigenvalue weighted by Crippen LogP contribution is 2.11. The van der Waals surface area contributed by atoms with Gasteiger partial charge in [0.25, 0.3) is 5.91 Å². The molecule has 0 saturated heterocycles. The highest BCUT2D eigenvalue weighted by atomic mass is 32.2. The predicted molar refractivity (Wildman–Crippen MR) is 75.7 cm³/mol. The summed E-state index contributed by atoms with van der Waals surface area (Å²) in [6, 6.07) is 9.03. The Hall–Kier alpha value is -1.47. The van der Waals surface area contributed by atoms with Crippen molar-refractivity contribution in [3.8, 4) is 6.07 Å². The molecule has 1 amide bonds. The van der Waals surface area contributed by atoms with Crippen molar-refractivity contribution in [2.45, 2.75) is 19.4 Å². The third-order valence-corrected chi connectivity index (χ3v) is 3.63. The number of thioether (sulfide) groups is 1. The van der Waals surface area contributed by atoms with E-state index in [1.165, 1.54) is 0 Å². The summed E-state index contributed by atoms with van der Waals surface area (Å²) in [5.74, 6) is 1.06. The molecule has 0 spiro atoms. The smallest absolute Gasteiger partial charge is 0.253 e. The lowest BCUT2D eigenvalue weighted by molar-refractivity contribution is 0.0741. The molecular formula is C14H18N2OS. The maximum atomic E-state index is 12.2. The molecule has 0 aliphatic rings.